The summed E-state index contributed by atoms with van der Waals surface area (Å²) >= 11 is 0. The molecule has 0 aromatic heterocycles. The van der Waals surface area contributed by atoms with Crippen LogP contribution in [0, 0.1) is 11.3 Å². The quantitative estimate of drug-likeness (QED) is 0.755. The fourth-order valence-electron chi connectivity index (χ4n) is 1.12. The number of carboxylic acids is 1. The molecule has 0 heterocycles. The summed E-state index contributed by atoms with van der Waals surface area (Å²) in [4.78, 5) is 10.9. The number of carboxylic acid groups (broad SMARTS) is 1. The highest BCUT2D eigenvalue weighted by atomic mass is 16.5. The second-order valence-electron chi connectivity index (χ2n) is 3.75. The average Bonchev–Trinajstić information content (AvgIpc) is 2.20. The summed E-state index contributed by atoms with van der Waals surface area (Å²) < 4.78 is 5.31. The number of ether oxygens (including phenoxy) is 1. The van der Waals surface area contributed by atoms with Crippen LogP contribution in [0.3, 0.4) is 0 Å². The van der Waals surface area contributed by atoms with Gasteiger partial charge in [0.25, 0.3) is 0 Å². The third kappa shape index (κ3) is 2.42. The topological polar surface area (TPSA) is 96.3 Å². The predicted octanol–water partition coefficient (Wildman–Crippen LogP) is 1.65. The van der Waals surface area contributed by atoms with Gasteiger partial charge in [0.2, 0.25) is 0 Å². The first kappa shape index (κ1) is 11.9. The van der Waals surface area contributed by atoms with E-state index in [0.29, 0.717) is 0 Å². The van der Waals surface area contributed by atoms with Crippen molar-refractivity contribution < 1.29 is 14.6 Å². The first-order valence-corrected chi connectivity index (χ1v) is 4.59. The third-order valence-electron chi connectivity index (χ3n) is 1.90. The van der Waals surface area contributed by atoms with E-state index in [1.165, 1.54) is 32.0 Å². The Hall–Kier alpha value is -2.22. The molecule has 0 unspecified atom stereocenters. The first-order valence-electron chi connectivity index (χ1n) is 4.59. The molecule has 5 heteroatoms. The van der Waals surface area contributed by atoms with E-state index in [4.69, 9.17) is 20.8 Å². The molecule has 0 amide bonds. The van der Waals surface area contributed by atoms with Crippen LogP contribution in [0.1, 0.15) is 24.2 Å². The minimum Gasteiger partial charge on any atom is -0.478 e. The van der Waals surface area contributed by atoms with Gasteiger partial charge >= 0.3 is 5.97 Å². The van der Waals surface area contributed by atoms with E-state index in [1.54, 1.807) is 0 Å². The Morgan fingerprint density at radius 2 is 2.19 bits per heavy atom. The van der Waals surface area contributed by atoms with Gasteiger partial charge in [0.05, 0.1) is 5.69 Å². The second-order valence-corrected chi connectivity index (χ2v) is 3.75. The van der Waals surface area contributed by atoms with Crippen molar-refractivity contribution in [3.05, 3.63) is 23.8 Å². The van der Waals surface area contributed by atoms with Crippen molar-refractivity contribution in [3.8, 4) is 11.8 Å². The largest absolute Gasteiger partial charge is 0.478 e. The summed E-state index contributed by atoms with van der Waals surface area (Å²) in [5.41, 5.74) is 4.64. The second kappa shape index (κ2) is 4.11. The lowest BCUT2D eigenvalue weighted by atomic mass is 10.1. The van der Waals surface area contributed by atoms with Crippen LogP contribution in [0.25, 0.3) is 0 Å². The van der Waals surface area contributed by atoms with E-state index < -0.39 is 11.6 Å². The van der Waals surface area contributed by atoms with Crippen molar-refractivity contribution >= 4 is 11.7 Å². The molecule has 0 aliphatic heterocycles. The summed E-state index contributed by atoms with van der Waals surface area (Å²) in [5, 5.41) is 17.8. The summed E-state index contributed by atoms with van der Waals surface area (Å²) in [7, 11) is 0. The average molecular weight is 220 g/mol. The van der Waals surface area contributed by atoms with Crippen LogP contribution >= 0.6 is 0 Å². The van der Waals surface area contributed by atoms with Crippen molar-refractivity contribution in [1.29, 1.82) is 5.26 Å². The highest BCUT2D eigenvalue weighted by Gasteiger charge is 2.23. The zero-order chi connectivity index (χ0) is 12.3. The van der Waals surface area contributed by atoms with E-state index in [9.17, 15) is 4.79 Å². The maximum absolute atomic E-state index is 10.9. The van der Waals surface area contributed by atoms with Crippen LogP contribution in [0.4, 0.5) is 5.69 Å². The molecule has 1 rings (SSSR count). The van der Waals surface area contributed by atoms with Gasteiger partial charge in [-0.2, -0.15) is 5.26 Å². The molecule has 3 N–H and O–H groups in total. The molecule has 0 aliphatic rings. The summed E-state index contributed by atoms with van der Waals surface area (Å²) in [6.45, 7) is 3.07. The van der Waals surface area contributed by atoms with E-state index in [0.717, 1.165) is 0 Å². The molecule has 0 spiro atoms. The number of rotatable bonds is 3. The van der Waals surface area contributed by atoms with Gasteiger partial charge in [-0.1, -0.05) is 6.07 Å². The van der Waals surface area contributed by atoms with Crippen LogP contribution in [0.5, 0.6) is 5.75 Å². The molecule has 1 aromatic carbocycles. The predicted molar refractivity (Wildman–Crippen MR) is 58.1 cm³/mol. The van der Waals surface area contributed by atoms with E-state index in [2.05, 4.69) is 0 Å². The molecule has 0 bridgehead atoms. The van der Waals surface area contributed by atoms with Crippen molar-refractivity contribution in [2.75, 3.05) is 5.73 Å². The number of carbonyl (C=O) groups is 1. The number of benzene rings is 1. The zero-order valence-corrected chi connectivity index (χ0v) is 9.02. The Morgan fingerprint density at radius 1 is 1.56 bits per heavy atom. The Balaban J connectivity index is 3.23. The van der Waals surface area contributed by atoms with Gasteiger partial charge in [0.15, 0.2) is 11.4 Å². The lowest BCUT2D eigenvalue weighted by Crippen LogP contribution is -2.27. The highest BCUT2D eigenvalue weighted by molar-refractivity contribution is 5.93. The number of anilines is 1. The van der Waals surface area contributed by atoms with Gasteiger partial charge in [0.1, 0.15) is 11.6 Å². The number of hydrogen-bond acceptors (Lipinski definition) is 4. The highest BCUT2D eigenvalue weighted by Crippen LogP contribution is 2.29. The van der Waals surface area contributed by atoms with Crippen LogP contribution in [0.15, 0.2) is 18.2 Å². The van der Waals surface area contributed by atoms with Crippen LogP contribution in [0.2, 0.25) is 0 Å². The van der Waals surface area contributed by atoms with Gasteiger partial charge in [-0.15, -0.1) is 0 Å². The van der Waals surface area contributed by atoms with E-state index >= 15 is 0 Å². The Morgan fingerprint density at radius 3 is 2.69 bits per heavy atom. The minimum atomic E-state index is -1.14. The minimum absolute atomic E-state index is 0.0292. The Bertz CT molecular complexity index is 461. The van der Waals surface area contributed by atoms with Crippen LogP contribution < -0.4 is 10.5 Å². The van der Waals surface area contributed by atoms with E-state index in [1.807, 2.05) is 6.07 Å². The van der Waals surface area contributed by atoms with Gasteiger partial charge in [-0.25, -0.2) is 4.79 Å². The summed E-state index contributed by atoms with van der Waals surface area (Å²) in [5.74, 6) is -1.11. The lowest BCUT2D eigenvalue weighted by molar-refractivity contribution is 0.0687. The maximum Gasteiger partial charge on any atom is 0.339 e. The normalized spacial score (nSPS) is 10.6. The molecule has 0 saturated carbocycles. The fourth-order valence-corrected chi connectivity index (χ4v) is 1.12. The molecule has 0 fully saturated rings. The van der Waals surface area contributed by atoms with Crippen molar-refractivity contribution in [1.82, 2.24) is 0 Å². The molecule has 0 atom stereocenters. The number of para-hydroxylation sites is 1. The molecule has 0 saturated heterocycles. The molecule has 16 heavy (non-hydrogen) atoms. The Kier molecular flexibility index (Phi) is 3.04. The van der Waals surface area contributed by atoms with Crippen molar-refractivity contribution in [3.63, 3.8) is 0 Å². The summed E-state index contributed by atoms with van der Waals surface area (Å²) in [6.07, 6.45) is 0. The number of nitrogen functional groups attached to an aromatic ring is 1. The number of aromatic carboxylic acids is 1. The standard InChI is InChI=1S/C11H12N2O3/c1-11(2,6-12)16-9-7(10(14)15)4-3-5-8(9)13/h3-5H,13H2,1-2H3,(H,14,15). The number of nitrogens with two attached hydrogens (primary N) is 1. The van der Waals surface area contributed by atoms with Crippen LogP contribution in [-0.2, 0) is 0 Å². The Labute approximate surface area is 93.1 Å². The molecule has 84 valence electrons. The molecule has 0 aliphatic carbocycles. The van der Waals surface area contributed by atoms with Gasteiger partial charge in [-0.05, 0) is 26.0 Å². The van der Waals surface area contributed by atoms with Crippen molar-refractivity contribution in [2.24, 2.45) is 0 Å². The number of hydrogen-bond donors (Lipinski definition) is 2. The van der Waals surface area contributed by atoms with Gasteiger partial charge in [0, 0.05) is 0 Å². The fraction of sp³-hybridized carbons (Fsp3) is 0.273. The monoisotopic (exact) mass is 220 g/mol. The molecular formula is C11H12N2O3. The van der Waals surface area contributed by atoms with Crippen LogP contribution in [-0.4, -0.2) is 16.7 Å². The smallest absolute Gasteiger partial charge is 0.339 e. The SMILES string of the molecule is CC(C)(C#N)Oc1c(N)cccc1C(=O)O. The lowest BCUT2D eigenvalue weighted by Gasteiger charge is -2.20. The molecule has 0 radical (unpaired) electrons. The van der Waals surface area contributed by atoms with Gasteiger partial charge < -0.3 is 15.6 Å². The maximum atomic E-state index is 10.9. The van der Waals surface area contributed by atoms with Gasteiger partial charge in [-0.3, -0.25) is 0 Å². The third-order valence-corrected chi connectivity index (χ3v) is 1.90. The van der Waals surface area contributed by atoms with E-state index in [-0.39, 0.29) is 17.0 Å². The molecular weight excluding hydrogens is 208 g/mol. The zero-order valence-electron chi connectivity index (χ0n) is 9.02. The first-order chi connectivity index (χ1) is 7.37. The number of nitriles is 1. The van der Waals surface area contributed by atoms with Crippen molar-refractivity contribution in [2.45, 2.75) is 19.4 Å². The number of nitrogens with zero attached hydrogens (tertiary/aromatic N) is 1. The molecule has 1 aromatic rings. The molecule has 5 nitrogen and oxygen atoms in total. The summed E-state index contributed by atoms with van der Waals surface area (Å²) in [6, 6.07) is 6.33.